The fraction of sp³-hybridized carbons (Fsp3) is 0.438. The molecule has 3 aliphatic heterocycles. The fourth-order valence-corrected chi connectivity index (χ4v) is 6.32. The van der Waals surface area contributed by atoms with Gasteiger partial charge in [0.05, 0.1) is 12.2 Å². The van der Waals surface area contributed by atoms with Crippen LogP contribution in [-0.4, -0.2) is 65.1 Å². The molecule has 0 saturated carbocycles. The second-order valence-electron chi connectivity index (χ2n) is 11.9. The van der Waals surface area contributed by atoms with E-state index in [1.54, 1.807) is 12.1 Å². The maximum absolute atomic E-state index is 15.1. The number of likely N-dealkylation sites (tertiary alicyclic amines) is 1. The third-order valence-corrected chi connectivity index (χ3v) is 8.54. The third kappa shape index (κ3) is 5.65. The van der Waals surface area contributed by atoms with Crippen molar-refractivity contribution >= 4 is 29.4 Å². The number of urea groups is 1. The van der Waals surface area contributed by atoms with Crippen LogP contribution < -0.4 is 20.4 Å². The molecule has 2 saturated heterocycles. The van der Waals surface area contributed by atoms with Crippen molar-refractivity contribution in [3.05, 3.63) is 64.7 Å². The van der Waals surface area contributed by atoms with Crippen LogP contribution in [0, 0.1) is 18.6 Å². The first kappa shape index (κ1) is 29.0. The van der Waals surface area contributed by atoms with E-state index in [4.69, 9.17) is 9.97 Å². The Morgan fingerprint density at radius 2 is 1.72 bits per heavy atom. The zero-order valence-corrected chi connectivity index (χ0v) is 24.8. The minimum atomic E-state index is -0.875. The second-order valence-corrected chi connectivity index (χ2v) is 11.9. The summed E-state index contributed by atoms with van der Waals surface area (Å²) >= 11 is 0. The Labute approximate surface area is 250 Å². The van der Waals surface area contributed by atoms with Gasteiger partial charge in [0.15, 0.2) is 5.82 Å². The number of piperidine rings is 1. The van der Waals surface area contributed by atoms with Crippen LogP contribution in [0.3, 0.4) is 0 Å². The summed E-state index contributed by atoms with van der Waals surface area (Å²) in [6.07, 6.45) is 4.36. The molecule has 9 nitrogen and oxygen atoms in total. The van der Waals surface area contributed by atoms with Crippen LogP contribution >= 0.6 is 0 Å². The molecule has 1 aromatic heterocycles. The molecule has 2 N–H and O–H groups in total. The van der Waals surface area contributed by atoms with Gasteiger partial charge in [-0.1, -0.05) is 12.1 Å². The number of amides is 3. The van der Waals surface area contributed by atoms with Gasteiger partial charge in [-0.25, -0.2) is 23.5 Å². The molecule has 2 aromatic carbocycles. The summed E-state index contributed by atoms with van der Waals surface area (Å²) in [6.45, 7) is 9.47. The molecular formula is C32H37F2N7O2. The molecule has 0 bridgehead atoms. The van der Waals surface area contributed by atoms with E-state index in [1.165, 1.54) is 18.9 Å². The van der Waals surface area contributed by atoms with Crippen molar-refractivity contribution in [1.29, 1.82) is 0 Å². The molecule has 0 radical (unpaired) electrons. The van der Waals surface area contributed by atoms with E-state index in [0.717, 1.165) is 61.6 Å². The number of halogens is 2. The third-order valence-electron chi connectivity index (χ3n) is 8.54. The molecule has 2 fully saturated rings. The number of nitrogens with zero attached hydrogens (tertiary/aromatic N) is 5. The molecule has 0 aliphatic carbocycles. The van der Waals surface area contributed by atoms with Gasteiger partial charge in [0.2, 0.25) is 5.95 Å². The van der Waals surface area contributed by atoms with Gasteiger partial charge >= 0.3 is 6.03 Å². The van der Waals surface area contributed by atoms with Crippen molar-refractivity contribution in [3.63, 3.8) is 0 Å². The average molecular weight is 590 g/mol. The van der Waals surface area contributed by atoms with Gasteiger partial charge in [-0.15, -0.1) is 0 Å². The van der Waals surface area contributed by atoms with Gasteiger partial charge in [-0.3, -0.25) is 4.79 Å². The Bertz CT molecular complexity index is 1530. The number of para-hydroxylation sites is 1. The number of aryl methyl sites for hydroxylation is 1. The average Bonchev–Trinajstić information content (AvgIpc) is 3.53. The van der Waals surface area contributed by atoms with E-state index in [2.05, 4.69) is 20.4 Å². The summed E-state index contributed by atoms with van der Waals surface area (Å²) in [5.41, 5.74) is 2.55. The second kappa shape index (κ2) is 11.9. The Morgan fingerprint density at radius 3 is 2.40 bits per heavy atom. The zero-order chi connectivity index (χ0) is 30.2. The van der Waals surface area contributed by atoms with Gasteiger partial charge in [0.1, 0.15) is 17.3 Å². The highest BCUT2D eigenvalue weighted by atomic mass is 19.1. The minimum Gasteiger partial charge on any atom is -0.350 e. The number of nitrogens with one attached hydrogen (secondary N) is 2. The van der Waals surface area contributed by atoms with Crippen LogP contribution in [-0.2, 0) is 6.54 Å². The lowest BCUT2D eigenvalue weighted by atomic mass is 9.97. The van der Waals surface area contributed by atoms with Crippen molar-refractivity contribution < 1.29 is 18.4 Å². The van der Waals surface area contributed by atoms with Crippen LogP contribution in [0.15, 0.2) is 36.4 Å². The maximum Gasteiger partial charge on any atom is 0.328 e. The van der Waals surface area contributed by atoms with Crippen molar-refractivity contribution in [3.8, 4) is 11.3 Å². The van der Waals surface area contributed by atoms with Crippen LogP contribution in [0.1, 0.15) is 61.0 Å². The first-order chi connectivity index (χ1) is 20.7. The van der Waals surface area contributed by atoms with Gasteiger partial charge in [0.25, 0.3) is 5.91 Å². The number of carbonyl (C=O) groups excluding carboxylic acids is 2. The number of benzene rings is 2. The van der Waals surface area contributed by atoms with Crippen molar-refractivity contribution in [2.75, 3.05) is 36.0 Å². The van der Waals surface area contributed by atoms with E-state index in [-0.39, 0.29) is 24.3 Å². The fourth-order valence-electron chi connectivity index (χ4n) is 6.32. The number of anilines is 3. The highest BCUT2D eigenvalue weighted by Crippen LogP contribution is 2.40. The van der Waals surface area contributed by atoms with Gasteiger partial charge in [-0.2, -0.15) is 4.98 Å². The molecule has 43 heavy (non-hydrogen) atoms. The molecule has 0 spiro atoms. The summed E-state index contributed by atoms with van der Waals surface area (Å²) < 4.78 is 30.2. The Balaban J connectivity index is 1.48. The molecular weight excluding hydrogens is 552 g/mol. The lowest BCUT2D eigenvalue weighted by Gasteiger charge is -2.37. The first-order valence-corrected chi connectivity index (χ1v) is 15.0. The largest absolute Gasteiger partial charge is 0.350 e. The SMILES string of the molecule is Cc1ccc(C(=O)NC(C)C)cc1-c1nc(N2CCC(N3CCCC3)CC2)nc2c1CNC(=O)N2c1c(F)cccc1F. The number of rotatable bonds is 6. The van der Waals surface area contributed by atoms with Gasteiger partial charge < -0.3 is 20.4 Å². The summed E-state index contributed by atoms with van der Waals surface area (Å²) in [5, 5.41) is 5.67. The van der Waals surface area contributed by atoms with Gasteiger partial charge in [0, 0.05) is 41.9 Å². The maximum atomic E-state index is 15.1. The van der Waals surface area contributed by atoms with Crippen molar-refractivity contribution in [2.24, 2.45) is 0 Å². The number of fused-ring (bicyclic) bond motifs is 1. The highest BCUT2D eigenvalue weighted by molar-refractivity contribution is 6.02. The predicted molar refractivity (Wildman–Crippen MR) is 162 cm³/mol. The molecule has 3 aliphatic rings. The zero-order valence-electron chi connectivity index (χ0n) is 24.8. The summed E-state index contributed by atoms with van der Waals surface area (Å²) in [6, 6.07) is 8.68. The van der Waals surface area contributed by atoms with Crippen LogP contribution in [0.5, 0.6) is 0 Å². The molecule has 3 amide bonds. The standard InChI is InChI=1S/C32H37F2N7O2/c1-19(2)36-30(42)21-10-9-20(3)23(17-21)27-24-18-35-32(43)41(28-25(33)7-6-8-26(28)34)29(24)38-31(37-27)40-15-11-22(12-16-40)39-13-4-5-14-39/h6-10,17,19,22H,4-5,11-16,18H2,1-3H3,(H,35,43)(H,36,42). The van der Waals surface area contributed by atoms with E-state index in [9.17, 15) is 9.59 Å². The normalized spacial score (nSPS) is 17.8. The quantitative estimate of drug-likeness (QED) is 0.406. The Kier molecular flexibility index (Phi) is 8.00. The monoisotopic (exact) mass is 589 g/mol. The van der Waals surface area contributed by atoms with Crippen molar-refractivity contribution in [2.45, 2.75) is 65.1 Å². The van der Waals surface area contributed by atoms with E-state index in [0.29, 0.717) is 34.4 Å². The number of hydrogen-bond acceptors (Lipinski definition) is 6. The van der Waals surface area contributed by atoms with Crippen LogP contribution in [0.2, 0.25) is 0 Å². The predicted octanol–water partition coefficient (Wildman–Crippen LogP) is 5.29. The van der Waals surface area contributed by atoms with Crippen LogP contribution in [0.4, 0.5) is 31.0 Å². The molecule has 3 aromatic rings. The molecule has 0 atom stereocenters. The molecule has 4 heterocycles. The number of hydrogen-bond donors (Lipinski definition) is 2. The lowest BCUT2D eigenvalue weighted by Crippen LogP contribution is -2.45. The summed E-state index contributed by atoms with van der Waals surface area (Å²) in [5.74, 6) is -1.45. The topological polar surface area (TPSA) is 93.7 Å². The Hall–Kier alpha value is -4.12. The van der Waals surface area contributed by atoms with Gasteiger partial charge in [-0.05, 0) is 89.4 Å². The lowest BCUT2D eigenvalue weighted by molar-refractivity contribution is 0.0943. The molecule has 11 heteroatoms. The van der Waals surface area contributed by atoms with E-state index < -0.39 is 23.4 Å². The highest BCUT2D eigenvalue weighted by Gasteiger charge is 2.36. The molecule has 6 rings (SSSR count). The van der Waals surface area contributed by atoms with Crippen molar-refractivity contribution in [1.82, 2.24) is 25.5 Å². The van der Waals surface area contributed by atoms with E-state index in [1.807, 2.05) is 26.8 Å². The Morgan fingerprint density at radius 1 is 1.02 bits per heavy atom. The van der Waals surface area contributed by atoms with E-state index >= 15 is 8.78 Å². The number of carbonyl (C=O) groups is 2. The molecule has 0 unspecified atom stereocenters. The smallest absolute Gasteiger partial charge is 0.328 e. The molecule has 226 valence electrons. The summed E-state index contributed by atoms with van der Waals surface area (Å²) in [7, 11) is 0. The minimum absolute atomic E-state index is 0.0430. The first-order valence-electron chi connectivity index (χ1n) is 15.0. The summed E-state index contributed by atoms with van der Waals surface area (Å²) in [4.78, 5) is 41.7. The number of aromatic nitrogens is 2. The van der Waals surface area contributed by atoms with Crippen LogP contribution in [0.25, 0.3) is 11.3 Å².